The average molecular weight is 405 g/mol. The number of hydrogen-bond donors (Lipinski definition) is 0. The summed E-state index contributed by atoms with van der Waals surface area (Å²) in [6.45, 7) is 2.58. The van der Waals surface area contributed by atoms with Gasteiger partial charge in [-0.3, -0.25) is 9.69 Å². The van der Waals surface area contributed by atoms with Gasteiger partial charge in [0, 0.05) is 24.7 Å². The molecule has 4 rings (SSSR count). The molecule has 0 unspecified atom stereocenters. The van der Waals surface area contributed by atoms with E-state index in [1.54, 1.807) is 16.2 Å². The predicted molar refractivity (Wildman–Crippen MR) is 117 cm³/mol. The van der Waals surface area contributed by atoms with E-state index in [4.69, 9.17) is 10.2 Å². The van der Waals surface area contributed by atoms with Crippen LogP contribution in [0.2, 0.25) is 0 Å². The lowest BCUT2D eigenvalue weighted by molar-refractivity contribution is -0.120. The molecule has 0 spiro atoms. The number of anilines is 1. The van der Waals surface area contributed by atoms with Crippen LogP contribution in [-0.2, 0) is 4.79 Å². The fraction of sp³-hybridized carbons (Fsp3) is 0.348. The molecular formula is C23H24N4OS. The maximum atomic E-state index is 13.1. The Morgan fingerprint density at radius 1 is 1.21 bits per heavy atom. The molecule has 29 heavy (non-hydrogen) atoms. The Bertz CT molecular complexity index is 977. The summed E-state index contributed by atoms with van der Waals surface area (Å²) in [7, 11) is 0. The average Bonchev–Trinajstić information content (AvgIpc) is 3.19. The van der Waals surface area contributed by atoms with Crippen molar-refractivity contribution in [3.8, 4) is 6.07 Å². The number of rotatable bonds is 6. The Morgan fingerprint density at radius 2 is 2.00 bits per heavy atom. The number of nitriles is 1. The van der Waals surface area contributed by atoms with Gasteiger partial charge < -0.3 is 4.90 Å². The zero-order valence-electron chi connectivity index (χ0n) is 16.3. The smallest absolute Gasteiger partial charge is 0.241 e. The quantitative estimate of drug-likeness (QED) is 0.610. The number of piperidine rings is 1. The van der Waals surface area contributed by atoms with Gasteiger partial charge in [0.05, 0.1) is 34.3 Å². The van der Waals surface area contributed by atoms with E-state index in [-0.39, 0.29) is 5.91 Å². The monoisotopic (exact) mass is 404 g/mol. The van der Waals surface area contributed by atoms with Crippen molar-refractivity contribution in [2.24, 2.45) is 0 Å². The summed E-state index contributed by atoms with van der Waals surface area (Å²) >= 11 is 1.77. The van der Waals surface area contributed by atoms with Gasteiger partial charge >= 0.3 is 0 Å². The topological polar surface area (TPSA) is 60.2 Å². The number of amides is 1. The van der Waals surface area contributed by atoms with E-state index in [2.05, 4.69) is 29.2 Å². The van der Waals surface area contributed by atoms with Gasteiger partial charge in [0.1, 0.15) is 0 Å². The number of fused-ring (bicyclic) bond motifs is 1. The van der Waals surface area contributed by atoms with Crippen molar-refractivity contribution in [1.29, 1.82) is 5.26 Å². The Balaban J connectivity index is 1.45. The summed E-state index contributed by atoms with van der Waals surface area (Å²) in [4.78, 5) is 21.9. The Labute approximate surface area is 175 Å². The number of carbonyl (C=O) groups is 1. The van der Waals surface area contributed by atoms with E-state index in [0.29, 0.717) is 25.4 Å². The van der Waals surface area contributed by atoms with Crippen LogP contribution in [-0.4, -0.2) is 42.0 Å². The van der Waals surface area contributed by atoms with Crippen molar-refractivity contribution in [2.75, 3.05) is 31.1 Å². The third-order valence-electron chi connectivity index (χ3n) is 5.34. The van der Waals surface area contributed by atoms with Crippen LogP contribution in [0, 0.1) is 11.3 Å². The van der Waals surface area contributed by atoms with Gasteiger partial charge in [0.25, 0.3) is 0 Å². The minimum Gasteiger partial charge on any atom is -0.310 e. The Kier molecular flexibility index (Phi) is 6.18. The Morgan fingerprint density at radius 3 is 2.79 bits per heavy atom. The van der Waals surface area contributed by atoms with Crippen LogP contribution in [0.4, 0.5) is 5.69 Å². The Hall–Kier alpha value is -2.75. The third kappa shape index (κ3) is 4.64. The molecule has 1 aliphatic heterocycles. The third-order valence-corrected chi connectivity index (χ3v) is 6.54. The zero-order valence-corrected chi connectivity index (χ0v) is 17.1. The van der Waals surface area contributed by atoms with Crippen LogP contribution in [0.1, 0.15) is 30.2 Å². The van der Waals surface area contributed by atoms with Crippen molar-refractivity contribution in [3.63, 3.8) is 0 Å². The molecule has 2 heterocycles. The zero-order chi connectivity index (χ0) is 20.1. The SMILES string of the molecule is N#CCCN(C(=O)CN1CCC[C@@H](c2nc3ccccc3s2)C1)c1ccccc1. The standard InChI is InChI=1S/C23H24N4OS/c24-13-7-15-27(19-9-2-1-3-10-19)22(28)17-26-14-6-8-18(16-26)23-25-20-11-4-5-12-21(20)29-23/h1-5,9-12,18H,6-8,14-17H2/t18-/m1/s1. The van der Waals surface area contributed by atoms with E-state index >= 15 is 0 Å². The molecule has 1 saturated heterocycles. The molecule has 3 aromatic rings. The van der Waals surface area contributed by atoms with E-state index < -0.39 is 0 Å². The first-order valence-corrected chi connectivity index (χ1v) is 10.9. The molecule has 1 amide bonds. The lowest BCUT2D eigenvalue weighted by atomic mass is 9.98. The predicted octanol–water partition coefficient (Wildman–Crippen LogP) is 4.42. The summed E-state index contributed by atoms with van der Waals surface area (Å²) in [6, 6.07) is 20.0. The first kappa shape index (κ1) is 19.6. The van der Waals surface area contributed by atoms with Crippen molar-refractivity contribution < 1.29 is 4.79 Å². The van der Waals surface area contributed by atoms with Crippen molar-refractivity contribution in [3.05, 3.63) is 59.6 Å². The fourth-order valence-electron chi connectivity index (χ4n) is 3.91. The van der Waals surface area contributed by atoms with Gasteiger partial charge in [-0.05, 0) is 43.7 Å². The summed E-state index contributed by atoms with van der Waals surface area (Å²) in [6.07, 6.45) is 2.51. The second-order valence-corrected chi connectivity index (χ2v) is 8.45. The molecule has 0 aliphatic carbocycles. The number of likely N-dealkylation sites (tertiary alicyclic amines) is 1. The molecular weight excluding hydrogens is 380 g/mol. The second kappa shape index (κ2) is 9.17. The van der Waals surface area contributed by atoms with Crippen LogP contribution in [0.5, 0.6) is 0 Å². The van der Waals surface area contributed by atoms with Gasteiger partial charge in [0.2, 0.25) is 5.91 Å². The van der Waals surface area contributed by atoms with Crippen LogP contribution in [0.3, 0.4) is 0 Å². The first-order chi connectivity index (χ1) is 14.2. The normalized spacial score (nSPS) is 17.1. The summed E-state index contributed by atoms with van der Waals surface area (Å²) in [5.74, 6) is 0.426. The van der Waals surface area contributed by atoms with Gasteiger partial charge in [-0.2, -0.15) is 5.26 Å². The van der Waals surface area contributed by atoms with E-state index in [9.17, 15) is 4.79 Å². The molecule has 148 valence electrons. The van der Waals surface area contributed by atoms with E-state index in [1.165, 1.54) is 9.71 Å². The highest BCUT2D eigenvalue weighted by Gasteiger charge is 2.27. The van der Waals surface area contributed by atoms with Gasteiger partial charge in [-0.25, -0.2) is 4.98 Å². The molecule has 0 saturated carbocycles. The molecule has 6 heteroatoms. The number of benzene rings is 2. The number of thiazole rings is 1. The van der Waals surface area contributed by atoms with Gasteiger partial charge in [0.15, 0.2) is 0 Å². The molecule has 0 radical (unpaired) electrons. The first-order valence-electron chi connectivity index (χ1n) is 10.0. The highest BCUT2D eigenvalue weighted by molar-refractivity contribution is 7.18. The minimum atomic E-state index is 0.0522. The number of carbonyl (C=O) groups excluding carboxylic acids is 1. The van der Waals surface area contributed by atoms with E-state index in [0.717, 1.165) is 37.1 Å². The highest BCUT2D eigenvalue weighted by Crippen LogP contribution is 2.33. The van der Waals surface area contributed by atoms with Gasteiger partial charge in [-0.1, -0.05) is 30.3 Å². The van der Waals surface area contributed by atoms with Gasteiger partial charge in [-0.15, -0.1) is 11.3 Å². The lowest BCUT2D eigenvalue weighted by Crippen LogP contribution is -2.44. The van der Waals surface area contributed by atoms with Crippen molar-refractivity contribution in [2.45, 2.75) is 25.2 Å². The van der Waals surface area contributed by atoms with Crippen molar-refractivity contribution in [1.82, 2.24) is 9.88 Å². The molecule has 1 aliphatic rings. The summed E-state index contributed by atoms with van der Waals surface area (Å²) in [5.41, 5.74) is 1.92. The largest absolute Gasteiger partial charge is 0.310 e. The number of para-hydroxylation sites is 2. The molecule has 0 bridgehead atoms. The maximum absolute atomic E-state index is 13.1. The molecule has 0 N–H and O–H groups in total. The number of aromatic nitrogens is 1. The highest BCUT2D eigenvalue weighted by atomic mass is 32.1. The minimum absolute atomic E-state index is 0.0522. The van der Waals surface area contributed by atoms with Crippen LogP contribution < -0.4 is 4.90 Å². The molecule has 1 atom stereocenters. The summed E-state index contributed by atoms with van der Waals surface area (Å²) < 4.78 is 1.22. The molecule has 1 aromatic heterocycles. The summed E-state index contributed by atoms with van der Waals surface area (Å²) in [5, 5.41) is 10.2. The van der Waals surface area contributed by atoms with Crippen LogP contribution >= 0.6 is 11.3 Å². The number of nitrogens with zero attached hydrogens (tertiary/aromatic N) is 4. The van der Waals surface area contributed by atoms with Crippen molar-refractivity contribution >= 4 is 33.1 Å². The molecule has 1 fully saturated rings. The van der Waals surface area contributed by atoms with E-state index in [1.807, 2.05) is 36.4 Å². The van der Waals surface area contributed by atoms with Crippen LogP contribution in [0.25, 0.3) is 10.2 Å². The number of hydrogen-bond acceptors (Lipinski definition) is 5. The molecule has 2 aromatic carbocycles. The molecule has 5 nitrogen and oxygen atoms in total. The fourth-order valence-corrected chi connectivity index (χ4v) is 5.00. The maximum Gasteiger partial charge on any atom is 0.241 e. The second-order valence-electron chi connectivity index (χ2n) is 7.38. The lowest BCUT2D eigenvalue weighted by Gasteiger charge is -2.33. The van der Waals surface area contributed by atoms with Crippen LogP contribution in [0.15, 0.2) is 54.6 Å².